The number of nitrogens with one attached hydrogen (secondary N) is 1. The van der Waals surface area contributed by atoms with E-state index in [9.17, 15) is 14.4 Å². The molecule has 2 aliphatic rings. The minimum Gasteiger partial charge on any atom is -0.478 e. The van der Waals surface area contributed by atoms with Crippen LogP contribution < -0.4 is 10.2 Å². The maximum atomic E-state index is 11.6. The second kappa shape index (κ2) is 5.44. The van der Waals surface area contributed by atoms with Crippen LogP contribution >= 0.6 is 0 Å². The molecule has 1 aromatic carbocycles. The number of carbonyl (C=O) groups is 3. The Balaban J connectivity index is 1.71. The largest absolute Gasteiger partial charge is 0.478 e. The van der Waals surface area contributed by atoms with Gasteiger partial charge in [-0.3, -0.25) is 14.9 Å². The molecule has 0 aromatic heterocycles. The molecule has 2 fully saturated rings. The molecule has 6 nitrogen and oxygen atoms in total. The molecule has 22 heavy (non-hydrogen) atoms. The number of hydrogen-bond acceptors (Lipinski definition) is 4. The third-order valence-corrected chi connectivity index (χ3v) is 4.63. The van der Waals surface area contributed by atoms with Gasteiger partial charge in [0.1, 0.15) is 0 Å². The van der Waals surface area contributed by atoms with Crippen molar-refractivity contribution < 1.29 is 19.5 Å². The molecule has 2 aliphatic heterocycles. The van der Waals surface area contributed by atoms with Gasteiger partial charge in [-0.1, -0.05) is 6.07 Å². The number of aromatic carboxylic acids is 1. The van der Waals surface area contributed by atoms with Crippen LogP contribution in [0.3, 0.4) is 0 Å². The van der Waals surface area contributed by atoms with Crippen molar-refractivity contribution in [3.8, 4) is 0 Å². The molecule has 2 amide bonds. The number of imide groups is 1. The second-order valence-corrected chi connectivity index (χ2v) is 6.17. The molecule has 0 aliphatic carbocycles. The molecule has 0 bridgehead atoms. The monoisotopic (exact) mass is 302 g/mol. The van der Waals surface area contributed by atoms with Crippen molar-refractivity contribution >= 4 is 23.5 Å². The third kappa shape index (κ3) is 2.81. The van der Waals surface area contributed by atoms with Gasteiger partial charge in [0.05, 0.1) is 5.56 Å². The molecule has 0 atom stereocenters. The van der Waals surface area contributed by atoms with Gasteiger partial charge in [0, 0.05) is 31.6 Å². The number of hydrogen-bond donors (Lipinski definition) is 2. The Bertz CT molecular complexity index is 615. The van der Waals surface area contributed by atoms with E-state index in [1.165, 1.54) is 0 Å². The van der Waals surface area contributed by atoms with Gasteiger partial charge in [0.15, 0.2) is 0 Å². The van der Waals surface area contributed by atoms with Gasteiger partial charge in [0.25, 0.3) is 0 Å². The van der Waals surface area contributed by atoms with Gasteiger partial charge >= 0.3 is 5.97 Å². The van der Waals surface area contributed by atoms with Gasteiger partial charge in [-0.05, 0) is 36.5 Å². The van der Waals surface area contributed by atoms with Crippen LogP contribution in [0.4, 0.5) is 5.69 Å². The van der Waals surface area contributed by atoms with E-state index in [0.29, 0.717) is 12.8 Å². The van der Waals surface area contributed by atoms with E-state index >= 15 is 0 Å². The number of carboxylic acid groups (broad SMARTS) is 1. The van der Waals surface area contributed by atoms with Crippen molar-refractivity contribution in [2.45, 2.75) is 25.7 Å². The van der Waals surface area contributed by atoms with Crippen LogP contribution in [-0.2, 0) is 9.59 Å². The maximum absolute atomic E-state index is 11.6. The molecule has 2 saturated heterocycles. The lowest BCUT2D eigenvalue weighted by Gasteiger charge is -2.43. The van der Waals surface area contributed by atoms with Gasteiger partial charge < -0.3 is 10.0 Å². The summed E-state index contributed by atoms with van der Waals surface area (Å²) in [5, 5.41) is 11.4. The molecule has 2 N–H and O–H groups in total. The van der Waals surface area contributed by atoms with Crippen molar-refractivity contribution in [3.63, 3.8) is 0 Å². The van der Waals surface area contributed by atoms with Crippen LogP contribution in [0.2, 0.25) is 0 Å². The molecule has 1 spiro atoms. The number of nitrogens with zero attached hydrogens (tertiary/aromatic N) is 1. The third-order valence-electron chi connectivity index (χ3n) is 4.63. The van der Waals surface area contributed by atoms with E-state index in [1.54, 1.807) is 18.2 Å². The molecule has 116 valence electrons. The number of anilines is 1. The summed E-state index contributed by atoms with van der Waals surface area (Å²) < 4.78 is 0. The van der Waals surface area contributed by atoms with Crippen LogP contribution in [0.15, 0.2) is 24.3 Å². The highest BCUT2D eigenvalue weighted by atomic mass is 16.4. The molecule has 1 aromatic rings. The zero-order valence-corrected chi connectivity index (χ0v) is 12.2. The Hall–Kier alpha value is -2.37. The standard InChI is InChI=1S/C16H18N2O4/c19-13-9-16(10-14(20)17-13)4-6-18(7-5-16)12-3-1-2-11(8-12)15(21)22/h1-3,8H,4-7,9-10H2,(H,21,22)(H,17,19,20). The first-order valence-electron chi connectivity index (χ1n) is 7.38. The SMILES string of the molecule is O=C1CC2(CCN(c3cccc(C(=O)O)c3)CC2)CC(=O)N1. The Morgan fingerprint density at radius 1 is 1.14 bits per heavy atom. The number of carboxylic acids is 1. The molecule has 3 rings (SSSR count). The lowest BCUT2D eigenvalue weighted by Crippen LogP contribution is -2.50. The Morgan fingerprint density at radius 2 is 1.77 bits per heavy atom. The van der Waals surface area contributed by atoms with Crippen LogP contribution in [0.5, 0.6) is 0 Å². The smallest absolute Gasteiger partial charge is 0.335 e. The van der Waals surface area contributed by atoms with Gasteiger partial charge in [-0.25, -0.2) is 4.79 Å². The predicted molar refractivity (Wildman–Crippen MR) is 79.7 cm³/mol. The van der Waals surface area contributed by atoms with E-state index in [0.717, 1.165) is 31.6 Å². The summed E-state index contributed by atoms with van der Waals surface area (Å²) in [6, 6.07) is 6.87. The summed E-state index contributed by atoms with van der Waals surface area (Å²) in [7, 11) is 0. The van der Waals surface area contributed by atoms with Crippen molar-refractivity contribution in [3.05, 3.63) is 29.8 Å². The fourth-order valence-corrected chi connectivity index (χ4v) is 3.42. The summed E-state index contributed by atoms with van der Waals surface area (Å²) >= 11 is 0. The molecule has 2 heterocycles. The summed E-state index contributed by atoms with van der Waals surface area (Å²) in [5.41, 5.74) is 0.923. The zero-order chi connectivity index (χ0) is 15.7. The van der Waals surface area contributed by atoms with Gasteiger partial charge in [-0.15, -0.1) is 0 Å². The average molecular weight is 302 g/mol. The van der Waals surface area contributed by atoms with Crippen molar-refractivity contribution in [2.75, 3.05) is 18.0 Å². The molecule has 0 radical (unpaired) electrons. The van der Waals surface area contributed by atoms with Gasteiger partial charge in [-0.2, -0.15) is 0 Å². The summed E-state index contributed by atoms with van der Waals surface area (Å²) in [4.78, 5) is 36.4. The van der Waals surface area contributed by atoms with Crippen molar-refractivity contribution in [1.82, 2.24) is 5.32 Å². The lowest BCUT2D eigenvalue weighted by molar-refractivity contribution is -0.138. The molecule has 6 heteroatoms. The Kier molecular flexibility index (Phi) is 3.60. The van der Waals surface area contributed by atoms with Crippen LogP contribution in [0.1, 0.15) is 36.0 Å². The van der Waals surface area contributed by atoms with E-state index in [-0.39, 0.29) is 22.8 Å². The fraction of sp³-hybridized carbons (Fsp3) is 0.438. The fourth-order valence-electron chi connectivity index (χ4n) is 3.42. The van der Waals surface area contributed by atoms with E-state index in [2.05, 4.69) is 10.2 Å². The highest BCUT2D eigenvalue weighted by Crippen LogP contribution is 2.41. The van der Waals surface area contributed by atoms with E-state index < -0.39 is 5.97 Å². The number of amides is 2. The maximum Gasteiger partial charge on any atom is 0.335 e. The van der Waals surface area contributed by atoms with Crippen LogP contribution in [-0.4, -0.2) is 36.0 Å². The van der Waals surface area contributed by atoms with Crippen molar-refractivity contribution in [2.24, 2.45) is 5.41 Å². The zero-order valence-electron chi connectivity index (χ0n) is 12.2. The van der Waals surface area contributed by atoms with E-state index in [4.69, 9.17) is 5.11 Å². The minimum atomic E-state index is -0.940. The number of rotatable bonds is 2. The molecular formula is C16H18N2O4. The minimum absolute atomic E-state index is 0.183. The first-order chi connectivity index (χ1) is 10.5. The van der Waals surface area contributed by atoms with Crippen LogP contribution in [0.25, 0.3) is 0 Å². The Labute approximate surface area is 128 Å². The number of piperidine rings is 2. The number of carbonyl (C=O) groups excluding carboxylic acids is 2. The average Bonchev–Trinajstić information content (AvgIpc) is 2.47. The first kappa shape index (κ1) is 14.6. The summed E-state index contributed by atoms with van der Waals surface area (Å²) in [5.74, 6) is -1.31. The van der Waals surface area contributed by atoms with Gasteiger partial charge in [0.2, 0.25) is 11.8 Å². The Morgan fingerprint density at radius 3 is 2.36 bits per heavy atom. The first-order valence-corrected chi connectivity index (χ1v) is 7.38. The topological polar surface area (TPSA) is 86.7 Å². The van der Waals surface area contributed by atoms with E-state index in [1.807, 2.05) is 6.07 Å². The summed E-state index contributed by atoms with van der Waals surface area (Å²) in [6.07, 6.45) is 2.34. The molecule has 0 saturated carbocycles. The van der Waals surface area contributed by atoms with Crippen molar-refractivity contribution in [1.29, 1.82) is 0 Å². The highest BCUT2D eigenvalue weighted by molar-refractivity contribution is 5.98. The normalized spacial score (nSPS) is 20.8. The number of benzene rings is 1. The molecule has 0 unspecified atom stereocenters. The van der Waals surface area contributed by atoms with Crippen LogP contribution in [0, 0.1) is 5.41 Å². The molecular weight excluding hydrogens is 284 g/mol. The summed E-state index contributed by atoms with van der Waals surface area (Å²) in [6.45, 7) is 1.45. The highest BCUT2D eigenvalue weighted by Gasteiger charge is 2.41. The predicted octanol–water partition coefficient (Wildman–Crippen LogP) is 1.41. The lowest BCUT2D eigenvalue weighted by atomic mass is 9.71. The second-order valence-electron chi connectivity index (χ2n) is 6.17. The quantitative estimate of drug-likeness (QED) is 0.807.